The first-order valence-corrected chi connectivity index (χ1v) is 5.92. The van der Waals surface area contributed by atoms with E-state index in [0.29, 0.717) is 0 Å². The van der Waals surface area contributed by atoms with Crippen LogP contribution in [0, 0.1) is 0 Å². The minimum absolute atomic E-state index is 0.0320. The van der Waals surface area contributed by atoms with Crippen molar-refractivity contribution >= 4 is 18.0 Å². The van der Waals surface area contributed by atoms with Crippen molar-refractivity contribution in [1.82, 2.24) is 5.32 Å². The number of methoxy groups -OCH3 is 1. The van der Waals surface area contributed by atoms with Crippen LogP contribution in [0.15, 0.2) is 0 Å². The Morgan fingerprint density at radius 1 is 1.26 bits per heavy atom. The molecule has 0 heterocycles. The molecule has 0 saturated carbocycles. The number of carbonyl (C=O) groups excluding carboxylic acids is 2. The zero-order valence-electron chi connectivity index (χ0n) is 11.7. The number of alkyl carbamates (subject to hydrolysis) is 1. The number of carbonyl (C=O) groups is 3. The quantitative estimate of drug-likeness (QED) is 0.708. The van der Waals surface area contributed by atoms with E-state index in [4.69, 9.17) is 9.84 Å². The summed E-state index contributed by atoms with van der Waals surface area (Å²) in [5, 5.41) is 11.2. The molecule has 0 rings (SSSR count). The largest absolute Gasteiger partial charge is 0.481 e. The third kappa shape index (κ3) is 9.87. The lowest BCUT2D eigenvalue weighted by Crippen LogP contribution is -2.40. The Morgan fingerprint density at radius 3 is 2.26 bits per heavy atom. The normalized spacial score (nSPS) is 12.4. The number of hydrogen-bond donors (Lipinski definition) is 2. The van der Waals surface area contributed by atoms with E-state index in [2.05, 4.69) is 10.1 Å². The van der Waals surface area contributed by atoms with Crippen LogP contribution in [0.3, 0.4) is 0 Å². The second-order valence-electron chi connectivity index (χ2n) is 5.06. The molecule has 7 heteroatoms. The Balaban J connectivity index is 4.38. The molecule has 0 aromatic rings. The van der Waals surface area contributed by atoms with Gasteiger partial charge >= 0.3 is 18.0 Å². The van der Waals surface area contributed by atoms with Crippen LogP contribution in [-0.4, -0.2) is 41.9 Å². The zero-order chi connectivity index (χ0) is 15.1. The molecule has 0 aliphatic rings. The van der Waals surface area contributed by atoms with Crippen LogP contribution >= 0.6 is 0 Å². The van der Waals surface area contributed by atoms with Crippen LogP contribution in [0.1, 0.15) is 40.0 Å². The van der Waals surface area contributed by atoms with Crippen LogP contribution < -0.4 is 5.32 Å². The number of hydrogen-bond acceptors (Lipinski definition) is 5. The molecule has 110 valence electrons. The van der Waals surface area contributed by atoms with Crippen molar-refractivity contribution in [2.75, 3.05) is 7.11 Å². The van der Waals surface area contributed by atoms with E-state index in [1.165, 1.54) is 7.11 Å². The minimum Gasteiger partial charge on any atom is -0.481 e. The second kappa shape index (κ2) is 7.60. The molecule has 0 spiro atoms. The van der Waals surface area contributed by atoms with E-state index in [0.717, 1.165) is 0 Å². The van der Waals surface area contributed by atoms with Crippen molar-refractivity contribution in [3.8, 4) is 0 Å². The van der Waals surface area contributed by atoms with Gasteiger partial charge in [0.2, 0.25) is 0 Å². The number of rotatable bonds is 6. The first kappa shape index (κ1) is 17.2. The highest BCUT2D eigenvalue weighted by molar-refractivity contribution is 5.72. The van der Waals surface area contributed by atoms with Crippen LogP contribution in [0.4, 0.5) is 4.79 Å². The Hall–Kier alpha value is -1.79. The van der Waals surface area contributed by atoms with Gasteiger partial charge in [-0.1, -0.05) is 0 Å². The maximum Gasteiger partial charge on any atom is 0.407 e. The Bertz CT molecular complexity index is 334. The van der Waals surface area contributed by atoms with E-state index in [1.54, 1.807) is 20.8 Å². The fraction of sp³-hybridized carbons (Fsp3) is 0.750. The van der Waals surface area contributed by atoms with E-state index >= 15 is 0 Å². The van der Waals surface area contributed by atoms with Gasteiger partial charge in [-0.05, 0) is 27.2 Å². The third-order valence-corrected chi connectivity index (χ3v) is 2.07. The van der Waals surface area contributed by atoms with E-state index in [-0.39, 0.29) is 19.3 Å². The molecule has 0 aromatic heterocycles. The third-order valence-electron chi connectivity index (χ3n) is 2.07. The van der Waals surface area contributed by atoms with Gasteiger partial charge in [-0.25, -0.2) is 4.79 Å². The highest BCUT2D eigenvalue weighted by atomic mass is 16.6. The summed E-state index contributed by atoms with van der Waals surface area (Å²) in [4.78, 5) is 33.2. The fourth-order valence-electron chi connectivity index (χ4n) is 1.30. The van der Waals surface area contributed by atoms with Crippen LogP contribution in [0.25, 0.3) is 0 Å². The number of carboxylic acids is 1. The van der Waals surface area contributed by atoms with Crippen molar-refractivity contribution < 1.29 is 29.0 Å². The molecule has 2 N–H and O–H groups in total. The topological polar surface area (TPSA) is 102 Å². The van der Waals surface area contributed by atoms with Gasteiger partial charge in [0.25, 0.3) is 0 Å². The summed E-state index contributed by atoms with van der Waals surface area (Å²) in [6.45, 7) is 5.10. The predicted molar refractivity (Wildman–Crippen MR) is 66.7 cm³/mol. The van der Waals surface area contributed by atoms with Gasteiger partial charge < -0.3 is 19.9 Å². The first-order valence-electron chi connectivity index (χ1n) is 5.92. The molecular formula is C12H21NO6. The molecule has 19 heavy (non-hydrogen) atoms. The smallest absolute Gasteiger partial charge is 0.407 e. The summed E-state index contributed by atoms with van der Waals surface area (Å²) in [6.07, 6.45) is -0.776. The van der Waals surface area contributed by atoms with Crippen molar-refractivity contribution in [3.05, 3.63) is 0 Å². The molecule has 0 aliphatic heterocycles. The van der Waals surface area contributed by atoms with Gasteiger partial charge in [0, 0.05) is 12.5 Å². The molecule has 7 nitrogen and oxygen atoms in total. The molecule has 1 atom stereocenters. The Labute approximate surface area is 112 Å². The monoisotopic (exact) mass is 275 g/mol. The molecule has 0 radical (unpaired) electrons. The lowest BCUT2D eigenvalue weighted by atomic mass is 10.1. The van der Waals surface area contributed by atoms with Gasteiger partial charge in [-0.2, -0.15) is 0 Å². The molecule has 0 bridgehead atoms. The molecule has 0 aliphatic carbocycles. The Morgan fingerprint density at radius 2 is 1.84 bits per heavy atom. The SMILES string of the molecule is COC(=O)CC[C@H](CC(=O)O)NC(=O)OC(C)(C)C. The van der Waals surface area contributed by atoms with Crippen LogP contribution in [-0.2, 0) is 19.1 Å². The highest BCUT2D eigenvalue weighted by Crippen LogP contribution is 2.09. The van der Waals surface area contributed by atoms with Crippen molar-refractivity contribution in [2.45, 2.75) is 51.7 Å². The van der Waals surface area contributed by atoms with Gasteiger partial charge in [0.05, 0.1) is 13.5 Å². The summed E-state index contributed by atoms with van der Waals surface area (Å²) in [7, 11) is 1.25. The highest BCUT2D eigenvalue weighted by Gasteiger charge is 2.21. The fourth-order valence-corrected chi connectivity index (χ4v) is 1.30. The predicted octanol–water partition coefficient (Wildman–Crippen LogP) is 1.31. The zero-order valence-corrected chi connectivity index (χ0v) is 11.7. The first-order chi connectivity index (χ1) is 8.64. The Kier molecular flexibility index (Phi) is 6.89. The van der Waals surface area contributed by atoms with Gasteiger partial charge in [0.1, 0.15) is 5.60 Å². The summed E-state index contributed by atoms with van der Waals surface area (Å²) >= 11 is 0. The summed E-state index contributed by atoms with van der Waals surface area (Å²) < 4.78 is 9.48. The van der Waals surface area contributed by atoms with Gasteiger partial charge in [-0.3, -0.25) is 9.59 Å². The van der Waals surface area contributed by atoms with E-state index in [9.17, 15) is 14.4 Å². The average Bonchev–Trinajstić information content (AvgIpc) is 2.21. The number of esters is 1. The molecular weight excluding hydrogens is 254 g/mol. The number of aliphatic carboxylic acids is 1. The second-order valence-corrected chi connectivity index (χ2v) is 5.06. The van der Waals surface area contributed by atoms with Gasteiger partial charge in [0.15, 0.2) is 0 Å². The standard InChI is InChI=1S/C12H21NO6/c1-12(2,3)19-11(17)13-8(7-9(14)15)5-6-10(16)18-4/h8H,5-7H2,1-4H3,(H,13,17)(H,14,15)/t8-/m1/s1. The molecule has 0 saturated heterocycles. The maximum atomic E-state index is 11.5. The number of nitrogens with one attached hydrogen (secondary N) is 1. The maximum absolute atomic E-state index is 11.5. The summed E-state index contributed by atoms with van der Waals surface area (Å²) in [5.74, 6) is -1.52. The number of amides is 1. The van der Waals surface area contributed by atoms with Crippen molar-refractivity contribution in [3.63, 3.8) is 0 Å². The van der Waals surface area contributed by atoms with Gasteiger partial charge in [-0.15, -0.1) is 0 Å². The minimum atomic E-state index is -1.06. The van der Waals surface area contributed by atoms with Crippen LogP contribution in [0.2, 0.25) is 0 Å². The molecule has 0 unspecified atom stereocenters. The molecule has 1 amide bonds. The van der Waals surface area contributed by atoms with Crippen molar-refractivity contribution in [1.29, 1.82) is 0 Å². The lowest BCUT2D eigenvalue weighted by molar-refractivity contribution is -0.142. The lowest BCUT2D eigenvalue weighted by Gasteiger charge is -2.22. The van der Waals surface area contributed by atoms with Crippen molar-refractivity contribution in [2.24, 2.45) is 0 Å². The molecule has 0 fully saturated rings. The number of carboxylic acid groups (broad SMARTS) is 1. The van der Waals surface area contributed by atoms with E-state index in [1.807, 2.05) is 0 Å². The summed E-state index contributed by atoms with van der Waals surface area (Å²) in [6, 6.07) is -0.675. The molecule has 0 aromatic carbocycles. The van der Waals surface area contributed by atoms with Crippen LogP contribution in [0.5, 0.6) is 0 Å². The van der Waals surface area contributed by atoms with E-state index < -0.39 is 29.7 Å². The average molecular weight is 275 g/mol. The number of ether oxygens (including phenoxy) is 2. The summed E-state index contributed by atoms with van der Waals surface area (Å²) in [5.41, 5.74) is -0.666.